The number of aliphatic carboxylic acids is 1. The Labute approximate surface area is 320 Å². The van der Waals surface area contributed by atoms with Crippen molar-refractivity contribution in [1.82, 2.24) is 20.3 Å². The van der Waals surface area contributed by atoms with Gasteiger partial charge in [-0.2, -0.15) is 28.1 Å². The molecule has 6 rings (SSSR count). The monoisotopic (exact) mass is 793 g/mol. The fourth-order valence-corrected chi connectivity index (χ4v) is 5.65. The number of carboxylic acids is 1. The molecule has 4 aromatic rings. The van der Waals surface area contributed by atoms with Gasteiger partial charge in [-0.15, -0.1) is 0 Å². The quantitative estimate of drug-likeness (QED) is 0.0906. The number of aliphatic imine (C=N–C) groups is 1. The van der Waals surface area contributed by atoms with E-state index >= 15 is 0 Å². The second-order valence-electron chi connectivity index (χ2n) is 12.6. The maximum atomic E-state index is 12.9. The molecular formula is C36H31ClF3N9O7. The molecule has 3 aromatic carbocycles. The Bertz CT molecular complexity index is 2180. The first-order valence-electron chi connectivity index (χ1n) is 16.9. The van der Waals surface area contributed by atoms with E-state index in [1.165, 1.54) is 36.4 Å². The van der Waals surface area contributed by atoms with E-state index in [1.54, 1.807) is 29.2 Å². The van der Waals surface area contributed by atoms with Crippen LogP contribution in [0.4, 0.5) is 42.1 Å². The molecular weight excluding hydrogens is 763 g/mol. The minimum absolute atomic E-state index is 0.0152. The van der Waals surface area contributed by atoms with Gasteiger partial charge >= 0.3 is 30.0 Å². The second kappa shape index (κ2) is 16.4. The first-order chi connectivity index (χ1) is 26.7. The number of halogens is 4. The van der Waals surface area contributed by atoms with Gasteiger partial charge in [0.25, 0.3) is 5.91 Å². The number of nitrogens with one attached hydrogen (secondary N) is 4. The van der Waals surface area contributed by atoms with Crippen LogP contribution in [-0.4, -0.2) is 81.2 Å². The number of hydrogen-bond donors (Lipinski definition) is 5. The molecule has 2 fully saturated rings. The Morgan fingerprint density at radius 1 is 0.893 bits per heavy atom. The minimum atomic E-state index is -4.66. The summed E-state index contributed by atoms with van der Waals surface area (Å²) in [5.41, 5.74) is 0.628. The highest BCUT2D eigenvalue weighted by Crippen LogP contribution is 2.48. The highest BCUT2D eigenvalue weighted by atomic mass is 35.5. The molecule has 1 aliphatic carbocycles. The average Bonchev–Trinajstić information content (AvgIpc) is 3.81. The van der Waals surface area contributed by atoms with Crippen LogP contribution in [0.3, 0.4) is 0 Å². The van der Waals surface area contributed by atoms with Crippen molar-refractivity contribution in [2.75, 3.05) is 40.5 Å². The van der Waals surface area contributed by atoms with Crippen LogP contribution in [0.5, 0.6) is 6.01 Å². The smallest absolute Gasteiger partial charge is 0.422 e. The predicted molar refractivity (Wildman–Crippen MR) is 196 cm³/mol. The van der Waals surface area contributed by atoms with Crippen molar-refractivity contribution >= 4 is 75.9 Å². The SMILES string of the molecule is O=C(NC/C(=N/C(=O)c1ccc(Nc2nc(NC3(c4ccc(Cl)cc4)CC3)nc(OCC(F)(F)F)n2)cc1)C(=O)O)C(=O)Nc1ccc(N2CCCC2=O)cc1. The number of rotatable bonds is 13. The number of nitrogens with zero attached hydrogens (tertiary/aromatic N) is 5. The fraction of sp³-hybridized carbons (Fsp3) is 0.250. The molecule has 0 unspecified atom stereocenters. The van der Waals surface area contributed by atoms with Gasteiger partial charge in [0, 0.05) is 40.6 Å². The van der Waals surface area contributed by atoms with E-state index in [0.717, 1.165) is 12.0 Å². The third-order valence-electron chi connectivity index (χ3n) is 8.48. The molecule has 1 saturated heterocycles. The Hall–Kier alpha value is -6.63. The summed E-state index contributed by atoms with van der Waals surface area (Å²) < 4.78 is 43.6. The normalized spacial score (nSPS) is 14.8. The van der Waals surface area contributed by atoms with E-state index in [0.29, 0.717) is 36.5 Å². The molecule has 4 amide bonds. The first-order valence-corrected chi connectivity index (χ1v) is 17.3. The summed E-state index contributed by atoms with van der Waals surface area (Å²) >= 11 is 6.02. The molecule has 0 atom stereocenters. The number of ether oxygens (including phenoxy) is 1. The van der Waals surface area contributed by atoms with Crippen LogP contribution in [0.25, 0.3) is 0 Å². The summed E-state index contributed by atoms with van der Waals surface area (Å²) in [7, 11) is 0. The molecule has 1 saturated carbocycles. The zero-order valence-corrected chi connectivity index (χ0v) is 29.8. The molecule has 0 bridgehead atoms. The van der Waals surface area contributed by atoms with Gasteiger partial charge < -0.3 is 36.0 Å². The molecule has 0 spiro atoms. The van der Waals surface area contributed by atoms with Crippen LogP contribution in [-0.2, 0) is 24.7 Å². The summed E-state index contributed by atoms with van der Waals surface area (Å²) in [6, 6.07) is 18.0. The van der Waals surface area contributed by atoms with Gasteiger partial charge in [0.15, 0.2) is 6.61 Å². The van der Waals surface area contributed by atoms with Crippen molar-refractivity contribution in [2.24, 2.45) is 4.99 Å². The Morgan fingerprint density at radius 2 is 1.55 bits per heavy atom. The lowest BCUT2D eigenvalue weighted by Gasteiger charge is -2.19. The maximum Gasteiger partial charge on any atom is 0.422 e. The van der Waals surface area contributed by atoms with Crippen molar-refractivity contribution in [3.63, 3.8) is 0 Å². The first kappa shape index (κ1) is 39.1. The van der Waals surface area contributed by atoms with Gasteiger partial charge in [-0.05, 0) is 85.5 Å². The molecule has 2 aliphatic rings. The number of carbonyl (C=O) groups is 5. The van der Waals surface area contributed by atoms with Gasteiger partial charge in [-0.1, -0.05) is 23.7 Å². The maximum absolute atomic E-state index is 12.9. The molecule has 1 aromatic heterocycles. The van der Waals surface area contributed by atoms with Crippen LogP contribution in [0, 0.1) is 0 Å². The van der Waals surface area contributed by atoms with Gasteiger partial charge in [0.05, 0.1) is 12.1 Å². The van der Waals surface area contributed by atoms with Crippen LogP contribution in [0.1, 0.15) is 41.6 Å². The number of anilines is 5. The van der Waals surface area contributed by atoms with Crippen molar-refractivity contribution in [2.45, 2.75) is 37.4 Å². The third kappa shape index (κ3) is 10.1. The highest BCUT2D eigenvalue weighted by Gasteiger charge is 2.45. The number of benzene rings is 3. The standard InChI is InChI=1S/C36H31ClF3N9O7/c37-22-7-5-21(6-8-22)35(15-16-35)48-33-45-32(46-34(47-33)56-19-36(38,39)40)43-24-9-3-20(4-10-24)28(51)44-26(31(54)55)18-41-29(52)30(53)42-23-11-13-25(14-12-23)49-17-1-2-27(49)50/h3-14H,1-2,15-19H2,(H,41,52)(H,42,53)(H,54,55)(H2,43,45,46,47,48)/b44-26-. The molecule has 1 aliphatic heterocycles. The zero-order valence-electron chi connectivity index (χ0n) is 29.0. The molecule has 2 heterocycles. The summed E-state index contributed by atoms with van der Waals surface area (Å²) in [6.07, 6.45) is -2.10. The van der Waals surface area contributed by atoms with Crippen LogP contribution < -0.4 is 30.9 Å². The van der Waals surface area contributed by atoms with E-state index in [4.69, 9.17) is 16.3 Å². The van der Waals surface area contributed by atoms with E-state index in [-0.39, 0.29) is 34.7 Å². The molecule has 20 heteroatoms. The molecule has 290 valence electrons. The van der Waals surface area contributed by atoms with Crippen LogP contribution >= 0.6 is 11.6 Å². The lowest BCUT2D eigenvalue weighted by molar-refractivity contribution is -0.154. The number of alkyl halides is 3. The van der Waals surface area contributed by atoms with Gasteiger partial charge in [0.1, 0.15) is 5.71 Å². The average molecular weight is 794 g/mol. The zero-order chi connectivity index (χ0) is 40.0. The van der Waals surface area contributed by atoms with Crippen LogP contribution in [0.15, 0.2) is 77.8 Å². The fourth-order valence-electron chi connectivity index (χ4n) is 5.53. The van der Waals surface area contributed by atoms with Gasteiger partial charge in [-0.3, -0.25) is 19.2 Å². The van der Waals surface area contributed by atoms with E-state index in [1.807, 2.05) is 12.1 Å². The Kier molecular flexibility index (Phi) is 11.4. The number of carboxylic acid groups (broad SMARTS) is 1. The summed E-state index contributed by atoms with van der Waals surface area (Å²) in [5, 5.41) is 20.6. The largest absolute Gasteiger partial charge is 0.477 e. The van der Waals surface area contributed by atoms with E-state index < -0.39 is 60.3 Å². The lowest BCUT2D eigenvalue weighted by Crippen LogP contribution is -2.40. The summed E-state index contributed by atoms with van der Waals surface area (Å²) in [5.74, 6) is -5.19. The lowest BCUT2D eigenvalue weighted by atomic mass is 10.1. The minimum Gasteiger partial charge on any atom is -0.477 e. The van der Waals surface area contributed by atoms with Crippen molar-refractivity contribution in [1.29, 1.82) is 0 Å². The topological polar surface area (TPSA) is 217 Å². The number of aromatic nitrogens is 3. The molecule has 5 N–H and O–H groups in total. The number of carbonyl (C=O) groups excluding carboxylic acids is 4. The van der Waals surface area contributed by atoms with Crippen molar-refractivity contribution in [3.05, 3.63) is 88.9 Å². The molecule has 0 radical (unpaired) electrons. The predicted octanol–water partition coefficient (Wildman–Crippen LogP) is 4.86. The van der Waals surface area contributed by atoms with Crippen molar-refractivity contribution < 1.29 is 47.0 Å². The van der Waals surface area contributed by atoms with Crippen LogP contribution in [0.2, 0.25) is 5.02 Å². The number of hydrogen-bond acceptors (Lipinski definition) is 11. The van der Waals surface area contributed by atoms with E-state index in [2.05, 4.69) is 41.2 Å². The summed E-state index contributed by atoms with van der Waals surface area (Å²) in [6.45, 7) is -1.84. The summed E-state index contributed by atoms with van der Waals surface area (Å²) in [4.78, 5) is 78.9. The third-order valence-corrected chi connectivity index (χ3v) is 8.73. The highest BCUT2D eigenvalue weighted by molar-refractivity contribution is 6.42. The van der Waals surface area contributed by atoms with E-state index in [9.17, 15) is 42.3 Å². The molecule has 56 heavy (non-hydrogen) atoms. The Morgan fingerprint density at radius 3 is 2.16 bits per heavy atom. The molecule has 16 nitrogen and oxygen atoms in total. The van der Waals surface area contributed by atoms with Gasteiger partial charge in [-0.25, -0.2) is 9.79 Å². The number of amides is 4. The Balaban J connectivity index is 1.08. The van der Waals surface area contributed by atoms with Crippen molar-refractivity contribution in [3.8, 4) is 6.01 Å². The van der Waals surface area contributed by atoms with Gasteiger partial charge in [0.2, 0.25) is 17.8 Å². The second-order valence-corrected chi connectivity index (χ2v) is 13.0.